The van der Waals surface area contributed by atoms with Crippen LogP contribution in [0.5, 0.6) is 0 Å². The van der Waals surface area contributed by atoms with E-state index >= 15 is 0 Å². The summed E-state index contributed by atoms with van der Waals surface area (Å²) in [7, 11) is 0. The zero-order chi connectivity index (χ0) is 19.2. The number of aryl methyl sites for hydroxylation is 1. The summed E-state index contributed by atoms with van der Waals surface area (Å²) in [5.74, 6) is -0.929. The number of thioether (sulfide) groups is 1. The van der Waals surface area contributed by atoms with Gasteiger partial charge in [0.25, 0.3) is 5.22 Å². The molecule has 0 bridgehead atoms. The maximum absolute atomic E-state index is 13.5. The number of carbonyl (C=O) groups is 2. The Morgan fingerprint density at radius 2 is 1.85 bits per heavy atom. The predicted octanol–water partition coefficient (Wildman–Crippen LogP) is 3.62. The van der Waals surface area contributed by atoms with Crippen LogP contribution in [0.3, 0.4) is 0 Å². The van der Waals surface area contributed by atoms with Crippen LogP contribution in [-0.4, -0.2) is 27.9 Å². The molecule has 0 aliphatic heterocycles. The van der Waals surface area contributed by atoms with Gasteiger partial charge in [-0.25, -0.2) is 9.18 Å². The van der Waals surface area contributed by atoms with Gasteiger partial charge in [-0.05, 0) is 30.7 Å². The molecule has 138 valence electrons. The fourth-order valence-electron chi connectivity index (χ4n) is 2.20. The Bertz CT molecular complexity index is 977. The highest BCUT2D eigenvalue weighted by Crippen LogP contribution is 2.25. The van der Waals surface area contributed by atoms with E-state index in [1.807, 2.05) is 31.2 Å². The van der Waals surface area contributed by atoms with Crippen LogP contribution >= 0.6 is 11.8 Å². The number of carbonyl (C=O) groups excluding carboxylic acids is 2. The maximum Gasteiger partial charge on any atom is 0.325 e. The second-order valence-electron chi connectivity index (χ2n) is 5.46. The molecule has 0 radical (unpaired) electrons. The first-order valence-electron chi connectivity index (χ1n) is 7.90. The molecule has 0 atom stereocenters. The van der Waals surface area contributed by atoms with Crippen molar-refractivity contribution in [2.75, 3.05) is 11.1 Å². The maximum atomic E-state index is 13.5. The highest BCUT2D eigenvalue weighted by molar-refractivity contribution is 7.99. The number of nitrogens with zero attached hydrogens (tertiary/aromatic N) is 2. The average Bonchev–Trinajstić information content (AvgIpc) is 3.11. The molecule has 3 amide bonds. The Balaban J connectivity index is 1.52. The van der Waals surface area contributed by atoms with Gasteiger partial charge in [0.15, 0.2) is 0 Å². The van der Waals surface area contributed by atoms with E-state index < -0.39 is 17.8 Å². The summed E-state index contributed by atoms with van der Waals surface area (Å²) < 4.78 is 19.0. The van der Waals surface area contributed by atoms with Gasteiger partial charge in [0.05, 0.1) is 11.4 Å². The first-order chi connectivity index (χ1) is 13.0. The van der Waals surface area contributed by atoms with E-state index in [1.165, 1.54) is 18.2 Å². The summed E-state index contributed by atoms with van der Waals surface area (Å²) in [4.78, 5) is 23.6. The molecular weight excluding hydrogens is 371 g/mol. The molecule has 2 aromatic carbocycles. The lowest BCUT2D eigenvalue weighted by Gasteiger charge is -2.06. The number of urea groups is 1. The number of hydrogen-bond donors (Lipinski definition) is 2. The Kier molecular flexibility index (Phi) is 5.82. The summed E-state index contributed by atoms with van der Waals surface area (Å²) >= 11 is 0.995. The van der Waals surface area contributed by atoms with E-state index in [-0.39, 0.29) is 16.7 Å². The summed E-state index contributed by atoms with van der Waals surface area (Å²) in [6, 6.07) is 12.4. The number of benzene rings is 2. The van der Waals surface area contributed by atoms with E-state index in [1.54, 1.807) is 6.07 Å². The number of hydrogen-bond acceptors (Lipinski definition) is 6. The van der Waals surface area contributed by atoms with Crippen LogP contribution in [0.15, 0.2) is 58.2 Å². The Labute approximate surface area is 158 Å². The average molecular weight is 386 g/mol. The van der Waals surface area contributed by atoms with E-state index in [0.717, 1.165) is 22.9 Å². The number of halogens is 1. The highest BCUT2D eigenvalue weighted by atomic mass is 32.2. The highest BCUT2D eigenvalue weighted by Gasteiger charge is 2.14. The monoisotopic (exact) mass is 386 g/mol. The van der Waals surface area contributed by atoms with Gasteiger partial charge in [0.2, 0.25) is 11.8 Å². The third-order valence-corrected chi connectivity index (χ3v) is 4.30. The first kappa shape index (κ1) is 18.6. The van der Waals surface area contributed by atoms with Gasteiger partial charge in [0, 0.05) is 5.56 Å². The SMILES string of the molecule is Cc1ccccc1-c1nnc(SCC(=O)NC(=O)Nc2ccccc2F)o1. The van der Waals surface area contributed by atoms with Crippen LogP contribution in [0.1, 0.15) is 5.56 Å². The Morgan fingerprint density at radius 1 is 1.11 bits per heavy atom. The molecule has 0 spiro atoms. The van der Waals surface area contributed by atoms with Crippen molar-refractivity contribution in [2.45, 2.75) is 12.1 Å². The van der Waals surface area contributed by atoms with Crippen LogP contribution in [0, 0.1) is 12.7 Å². The largest absolute Gasteiger partial charge is 0.411 e. The molecule has 0 aliphatic rings. The topological polar surface area (TPSA) is 97.1 Å². The first-order valence-corrected chi connectivity index (χ1v) is 8.89. The van der Waals surface area contributed by atoms with Crippen molar-refractivity contribution in [3.63, 3.8) is 0 Å². The lowest BCUT2D eigenvalue weighted by Crippen LogP contribution is -2.35. The number of para-hydroxylation sites is 1. The van der Waals surface area contributed by atoms with E-state index in [4.69, 9.17) is 4.42 Å². The van der Waals surface area contributed by atoms with E-state index in [0.29, 0.717) is 5.89 Å². The minimum Gasteiger partial charge on any atom is -0.411 e. The minimum absolute atomic E-state index is 0.0183. The summed E-state index contributed by atoms with van der Waals surface area (Å²) in [5, 5.41) is 12.4. The van der Waals surface area contributed by atoms with Crippen LogP contribution in [0.25, 0.3) is 11.5 Å². The summed E-state index contributed by atoms with van der Waals surface area (Å²) in [6.07, 6.45) is 0. The molecule has 2 N–H and O–H groups in total. The molecule has 7 nitrogen and oxygen atoms in total. The molecule has 0 unspecified atom stereocenters. The second kappa shape index (κ2) is 8.45. The Morgan fingerprint density at radius 3 is 2.63 bits per heavy atom. The fraction of sp³-hybridized carbons (Fsp3) is 0.111. The van der Waals surface area contributed by atoms with Gasteiger partial charge >= 0.3 is 6.03 Å². The lowest BCUT2D eigenvalue weighted by atomic mass is 10.1. The quantitative estimate of drug-likeness (QED) is 0.650. The molecule has 1 aromatic heterocycles. The zero-order valence-electron chi connectivity index (χ0n) is 14.2. The molecule has 3 rings (SSSR count). The summed E-state index contributed by atoms with van der Waals surface area (Å²) in [5.41, 5.74) is 1.78. The van der Waals surface area contributed by atoms with Crippen LogP contribution < -0.4 is 10.6 Å². The van der Waals surface area contributed by atoms with Crippen molar-refractivity contribution in [2.24, 2.45) is 0 Å². The molecular formula is C18H15FN4O3S. The molecule has 0 saturated carbocycles. The van der Waals surface area contributed by atoms with Crippen molar-refractivity contribution in [3.05, 3.63) is 59.9 Å². The van der Waals surface area contributed by atoms with Gasteiger partial charge < -0.3 is 9.73 Å². The third-order valence-electron chi connectivity index (χ3n) is 3.48. The van der Waals surface area contributed by atoms with Crippen molar-refractivity contribution >= 4 is 29.4 Å². The van der Waals surface area contributed by atoms with Crippen molar-refractivity contribution in [3.8, 4) is 11.5 Å². The number of imide groups is 1. The number of aromatic nitrogens is 2. The number of nitrogens with one attached hydrogen (secondary N) is 2. The number of rotatable bonds is 5. The number of amides is 3. The van der Waals surface area contributed by atoms with Gasteiger partial charge in [-0.15, -0.1) is 10.2 Å². The normalized spacial score (nSPS) is 10.4. The van der Waals surface area contributed by atoms with E-state index in [2.05, 4.69) is 20.8 Å². The third kappa shape index (κ3) is 4.91. The zero-order valence-corrected chi connectivity index (χ0v) is 15.0. The predicted molar refractivity (Wildman–Crippen MR) is 98.8 cm³/mol. The molecule has 3 aromatic rings. The Hall–Kier alpha value is -3.20. The van der Waals surface area contributed by atoms with Crippen LogP contribution in [-0.2, 0) is 4.79 Å². The standard InChI is InChI=1S/C18H15FN4O3S/c1-11-6-2-3-7-12(11)16-22-23-18(26-16)27-10-15(24)21-17(25)20-14-9-5-4-8-13(14)19/h2-9H,10H2,1H3,(H2,20,21,24,25). The fourth-order valence-corrected chi connectivity index (χ4v) is 2.76. The minimum atomic E-state index is -0.822. The molecule has 0 fully saturated rings. The summed E-state index contributed by atoms with van der Waals surface area (Å²) in [6.45, 7) is 1.92. The van der Waals surface area contributed by atoms with Crippen molar-refractivity contribution < 1.29 is 18.4 Å². The molecule has 0 aliphatic carbocycles. The second-order valence-corrected chi connectivity index (χ2v) is 6.39. The van der Waals surface area contributed by atoms with Crippen molar-refractivity contribution in [1.29, 1.82) is 0 Å². The van der Waals surface area contributed by atoms with Gasteiger partial charge in [-0.3, -0.25) is 10.1 Å². The molecule has 9 heteroatoms. The lowest BCUT2D eigenvalue weighted by molar-refractivity contribution is -0.117. The van der Waals surface area contributed by atoms with Gasteiger partial charge in [-0.2, -0.15) is 0 Å². The van der Waals surface area contributed by atoms with E-state index in [9.17, 15) is 14.0 Å². The smallest absolute Gasteiger partial charge is 0.325 e. The van der Waals surface area contributed by atoms with Gasteiger partial charge in [0.1, 0.15) is 5.82 Å². The molecule has 27 heavy (non-hydrogen) atoms. The van der Waals surface area contributed by atoms with Crippen molar-refractivity contribution in [1.82, 2.24) is 15.5 Å². The molecule has 1 heterocycles. The molecule has 0 saturated heterocycles. The van der Waals surface area contributed by atoms with Gasteiger partial charge in [-0.1, -0.05) is 42.1 Å². The van der Waals surface area contributed by atoms with Crippen LogP contribution in [0.2, 0.25) is 0 Å². The van der Waals surface area contributed by atoms with Crippen LogP contribution in [0.4, 0.5) is 14.9 Å². The number of anilines is 1.